The largest absolute Gasteiger partial charge is 0.486 e. The van der Waals surface area contributed by atoms with Gasteiger partial charge in [0.1, 0.15) is 13.2 Å². The van der Waals surface area contributed by atoms with Crippen LogP contribution in [0.2, 0.25) is 0 Å². The topological polar surface area (TPSA) is 50.8 Å². The van der Waals surface area contributed by atoms with Gasteiger partial charge >= 0.3 is 0 Å². The minimum Gasteiger partial charge on any atom is -0.486 e. The lowest BCUT2D eigenvalue weighted by molar-refractivity contribution is -0.117. The number of para-hydroxylation sites is 1. The van der Waals surface area contributed by atoms with E-state index in [9.17, 15) is 4.79 Å². The van der Waals surface area contributed by atoms with Crippen LogP contribution in [-0.4, -0.2) is 31.7 Å². The fourth-order valence-electron chi connectivity index (χ4n) is 2.77. The molecule has 3 rings (SSSR count). The van der Waals surface area contributed by atoms with Crippen molar-refractivity contribution in [2.75, 3.05) is 30.0 Å². The van der Waals surface area contributed by atoms with Gasteiger partial charge < -0.3 is 19.7 Å². The maximum atomic E-state index is 12.8. The van der Waals surface area contributed by atoms with E-state index in [1.54, 1.807) is 4.90 Å². The number of halogens is 1. The lowest BCUT2D eigenvalue weighted by Crippen LogP contribution is -2.40. The third-order valence-electron chi connectivity index (χ3n) is 3.88. The van der Waals surface area contributed by atoms with Gasteiger partial charge in [0.2, 0.25) is 5.91 Å². The smallest absolute Gasteiger partial charge is 0.246 e. The molecule has 1 aliphatic rings. The second-order valence-electron chi connectivity index (χ2n) is 6.02. The van der Waals surface area contributed by atoms with Gasteiger partial charge in [0.25, 0.3) is 0 Å². The Morgan fingerprint density at radius 2 is 1.80 bits per heavy atom. The highest BCUT2D eigenvalue weighted by Crippen LogP contribution is 2.38. The molecular weight excluding hydrogens is 384 g/mol. The van der Waals surface area contributed by atoms with Crippen molar-refractivity contribution in [3.63, 3.8) is 0 Å². The maximum absolute atomic E-state index is 12.8. The lowest BCUT2D eigenvalue weighted by atomic mass is 10.2. The number of nitrogens with zero attached hydrogens (tertiary/aromatic N) is 1. The number of anilines is 2. The first-order valence-corrected chi connectivity index (χ1v) is 9.05. The summed E-state index contributed by atoms with van der Waals surface area (Å²) in [6.07, 6.45) is 0. The first kappa shape index (κ1) is 17.6. The molecule has 5 nitrogen and oxygen atoms in total. The molecule has 1 amide bonds. The van der Waals surface area contributed by atoms with E-state index in [2.05, 4.69) is 21.2 Å². The van der Waals surface area contributed by atoms with Crippen molar-refractivity contribution in [1.82, 2.24) is 0 Å². The van der Waals surface area contributed by atoms with Crippen LogP contribution < -0.4 is 19.7 Å². The monoisotopic (exact) mass is 404 g/mol. The van der Waals surface area contributed by atoms with Crippen LogP contribution in [-0.2, 0) is 4.79 Å². The molecule has 0 saturated heterocycles. The SMILES string of the molecule is CC(C)N(C(=O)CNc1cc2c(cc1Br)OCCO2)c1ccccc1. The Kier molecular flexibility index (Phi) is 5.48. The van der Waals surface area contributed by atoms with E-state index in [1.165, 1.54) is 0 Å². The highest BCUT2D eigenvalue weighted by molar-refractivity contribution is 9.10. The Morgan fingerprint density at radius 1 is 1.16 bits per heavy atom. The van der Waals surface area contributed by atoms with Crippen LogP contribution in [0.25, 0.3) is 0 Å². The van der Waals surface area contributed by atoms with Crippen LogP contribution in [0.4, 0.5) is 11.4 Å². The molecule has 1 heterocycles. The van der Waals surface area contributed by atoms with Crippen molar-refractivity contribution in [3.8, 4) is 11.5 Å². The first-order chi connectivity index (χ1) is 12.1. The molecule has 0 saturated carbocycles. The van der Waals surface area contributed by atoms with Crippen molar-refractivity contribution in [3.05, 3.63) is 46.9 Å². The zero-order valence-electron chi connectivity index (χ0n) is 14.3. The third-order valence-corrected chi connectivity index (χ3v) is 4.54. The van der Waals surface area contributed by atoms with Gasteiger partial charge in [0, 0.05) is 28.3 Å². The summed E-state index contributed by atoms with van der Waals surface area (Å²) in [7, 11) is 0. The van der Waals surface area contributed by atoms with Crippen molar-refractivity contribution >= 4 is 33.2 Å². The number of fused-ring (bicyclic) bond motifs is 1. The molecule has 0 aliphatic carbocycles. The molecule has 0 aromatic heterocycles. The van der Waals surface area contributed by atoms with Crippen LogP contribution >= 0.6 is 15.9 Å². The Labute approximate surface area is 156 Å². The van der Waals surface area contributed by atoms with Gasteiger partial charge in [-0.2, -0.15) is 0 Å². The predicted molar refractivity (Wildman–Crippen MR) is 103 cm³/mol. The number of hydrogen-bond donors (Lipinski definition) is 1. The second-order valence-corrected chi connectivity index (χ2v) is 6.88. The lowest BCUT2D eigenvalue weighted by Gasteiger charge is -2.27. The third kappa shape index (κ3) is 4.07. The standard InChI is InChI=1S/C19H21BrN2O3/c1-13(2)22(14-6-4-3-5-7-14)19(23)12-21-16-11-18-17(10-15(16)20)24-8-9-25-18/h3-7,10-11,13,21H,8-9,12H2,1-2H3. The summed E-state index contributed by atoms with van der Waals surface area (Å²) < 4.78 is 12.0. The Morgan fingerprint density at radius 3 is 2.44 bits per heavy atom. The molecule has 0 bridgehead atoms. The normalized spacial score (nSPS) is 12.8. The first-order valence-electron chi connectivity index (χ1n) is 8.26. The molecule has 1 aliphatic heterocycles. The van der Waals surface area contributed by atoms with Gasteiger partial charge in [-0.3, -0.25) is 4.79 Å². The van der Waals surface area contributed by atoms with Gasteiger partial charge in [-0.15, -0.1) is 0 Å². The molecule has 0 spiro atoms. The van der Waals surface area contributed by atoms with Crippen molar-refractivity contribution in [2.24, 2.45) is 0 Å². The fourth-order valence-corrected chi connectivity index (χ4v) is 3.24. The highest BCUT2D eigenvalue weighted by atomic mass is 79.9. The Hall–Kier alpha value is -2.21. The van der Waals surface area contributed by atoms with Gasteiger partial charge in [0.05, 0.1) is 12.2 Å². The van der Waals surface area contributed by atoms with E-state index in [-0.39, 0.29) is 18.5 Å². The summed E-state index contributed by atoms with van der Waals surface area (Å²) >= 11 is 3.51. The van der Waals surface area contributed by atoms with Gasteiger partial charge in [0.15, 0.2) is 11.5 Å². The molecule has 1 N–H and O–H groups in total. The molecule has 0 fully saturated rings. The van der Waals surface area contributed by atoms with E-state index in [1.807, 2.05) is 56.3 Å². The molecule has 6 heteroatoms. The maximum Gasteiger partial charge on any atom is 0.246 e. The van der Waals surface area contributed by atoms with Crippen LogP contribution in [0.1, 0.15) is 13.8 Å². The number of benzene rings is 2. The number of hydrogen-bond acceptors (Lipinski definition) is 4. The summed E-state index contributed by atoms with van der Waals surface area (Å²) in [5, 5.41) is 3.19. The van der Waals surface area contributed by atoms with E-state index in [0.29, 0.717) is 24.7 Å². The average Bonchev–Trinajstić information content (AvgIpc) is 2.60. The number of nitrogens with one attached hydrogen (secondary N) is 1. The van der Waals surface area contributed by atoms with Crippen LogP contribution in [0, 0.1) is 0 Å². The average molecular weight is 405 g/mol. The molecule has 132 valence electrons. The molecule has 0 unspecified atom stereocenters. The van der Waals surface area contributed by atoms with E-state index in [4.69, 9.17) is 9.47 Å². The number of rotatable bonds is 5. The number of amides is 1. The van der Waals surface area contributed by atoms with Gasteiger partial charge in [-0.25, -0.2) is 0 Å². The van der Waals surface area contributed by atoms with Crippen molar-refractivity contribution in [2.45, 2.75) is 19.9 Å². The van der Waals surface area contributed by atoms with E-state index >= 15 is 0 Å². The number of ether oxygens (including phenoxy) is 2. The van der Waals surface area contributed by atoms with E-state index in [0.717, 1.165) is 15.8 Å². The summed E-state index contributed by atoms with van der Waals surface area (Å²) in [4.78, 5) is 14.5. The zero-order chi connectivity index (χ0) is 17.8. The molecule has 2 aromatic carbocycles. The van der Waals surface area contributed by atoms with Gasteiger partial charge in [-0.05, 0) is 41.9 Å². The minimum atomic E-state index is 0.00277. The van der Waals surface area contributed by atoms with E-state index < -0.39 is 0 Å². The summed E-state index contributed by atoms with van der Waals surface area (Å²) in [5.74, 6) is 1.40. The molecule has 0 atom stereocenters. The molecular formula is C19H21BrN2O3. The number of carbonyl (C=O) groups is 1. The fraction of sp³-hybridized carbons (Fsp3) is 0.316. The minimum absolute atomic E-state index is 0.00277. The molecule has 0 radical (unpaired) electrons. The van der Waals surface area contributed by atoms with Crippen LogP contribution in [0.5, 0.6) is 11.5 Å². The predicted octanol–water partition coefficient (Wildman–Crippen LogP) is 4.07. The highest BCUT2D eigenvalue weighted by Gasteiger charge is 2.20. The van der Waals surface area contributed by atoms with Gasteiger partial charge in [-0.1, -0.05) is 18.2 Å². The quantitative estimate of drug-likeness (QED) is 0.815. The van der Waals surface area contributed by atoms with Crippen molar-refractivity contribution < 1.29 is 14.3 Å². The molecule has 2 aromatic rings. The second kappa shape index (κ2) is 7.78. The number of carbonyl (C=O) groups excluding carboxylic acids is 1. The molecule has 25 heavy (non-hydrogen) atoms. The Bertz CT molecular complexity index is 750. The summed E-state index contributed by atoms with van der Waals surface area (Å²) in [6.45, 7) is 5.27. The van der Waals surface area contributed by atoms with Crippen molar-refractivity contribution in [1.29, 1.82) is 0 Å². The van der Waals surface area contributed by atoms with Crippen LogP contribution in [0.15, 0.2) is 46.9 Å². The zero-order valence-corrected chi connectivity index (χ0v) is 15.9. The Balaban J connectivity index is 1.73. The van der Waals surface area contributed by atoms with Crippen LogP contribution in [0.3, 0.4) is 0 Å². The summed E-state index contributed by atoms with van der Waals surface area (Å²) in [5.41, 5.74) is 1.69. The summed E-state index contributed by atoms with van der Waals surface area (Å²) in [6, 6.07) is 13.5.